The molecule has 10 nitrogen and oxygen atoms in total. The predicted molar refractivity (Wildman–Crippen MR) is 69.2 cm³/mol. The molecule has 0 spiro atoms. The Morgan fingerprint density at radius 2 is 1.59 bits per heavy atom. The molecule has 0 radical (unpaired) electrons. The summed E-state index contributed by atoms with van der Waals surface area (Å²) in [5.74, 6) is 0. The van der Waals surface area contributed by atoms with E-state index in [-0.39, 0.29) is 0 Å². The van der Waals surface area contributed by atoms with Crippen LogP contribution in [-0.2, 0) is 14.2 Å². The van der Waals surface area contributed by atoms with Gasteiger partial charge in [0.25, 0.3) is 0 Å². The van der Waals surface area contributed by atoms with E-state index in [9.17, 15) is 25.5 Å². The van der Waals surface area contributed by atoms with Crippen LogP contribution in [0.25, 0.3) is 0 Å². The lowest BCUT2D eigenvalue weighted by Crippen LogP contribution is -2.65. The highest BCUT2D eigenvalue weighted by atomic mass is 16.7. The molecule has 0 aromatic carbocycles. The van der Waals surface area contributed by atoms with Gasteiger partial charge >= 0.3 is 0 Å². The Morgan fingerprint density at radius 3 is 2.18 bits per heavy atom. The second-order valence-electron chi connectivity index (χ2n) is 5.60. The van der Waals surface area contributed by atoms with Crippen molar-refractivity contribution in [2.45, 2.75) is 68.3 Å². The summed E-state index contributed by atoms with van der Waals surface area (Å²) >= 11 is 0. The van der Waals surface area contributed by atoms with Gasteiger partial charge < -0.3 is 50.6 Å². The third-order valence-corrected chi connectivity index (χ3v) is 4.02. The number of hydrogen-bond donors (Lipinski definition) is 7. The third-order valence-electron chi connectivity index (χ3n) is 4.02. The fraction of sp³-hybridized carbons (Fsp3) is 1.00. The van der Waals surface area contributed by atoms with Gasteiger partial charge in [0.1, 0.15) is 36.6 Å². The molecule has 2 rings (SSSR count). The van der Waals surface area contributed by atoms with Gasteiger partial charge in [0.2, 0.25) is 0 Å². The number of aliphatic hydroxyl groups excluding tert-OH is 6. The molecule has 130 valence electrons. The van der Waals surface area contributed by atoms with Crippen molar-refractivity contribution in [2.75, 3.05) is 6.61 Å². The second kappa shape index (κ2) is 7.01. The van der Waals surface area contributed by atoms with Crippen LogP contribution in [0.5, 0.6) is 0 Å². The summed E-state index contributed by atoms with van der Waals surface area (Å²) in [4.78, 5) is 0. The molecule has 0 unspecified atom stereocenters. The van der Waals surface area contributed by atoms with E-state index in [0.29, 0.717) is 0 Å². The molecule has 0 saturated carbocycles. The summed E-state index contributed by atoms with van der Waals surface area (Å²) in [7, 11) is 0. The van der Waals surface area contributed by atoms with Crippen molar-refractivity contribution in [3.8, 4) is 0 Å². The summed E-state index contributed by atoms with van der Waals surface area (Å²) in [6, 6.07) is -1.17. The van der Waals surface area contributed by atoms with Gasteiger partial charge in [0.15, 0.2) is 12.6 Å². The average Bonchev–Trinajstić information content (AvgIpc) is 2.49. The van der Waals surface area contributed by atoms with Crippen molar-refractivity contribution >= 4 is 0 Å². The summed E-state index contributed by atoms with van der Waals surface area (Å²) in [5.41, 5.74) is 5.71. The normalized spacial score (nSPS) is 53.5. The number of hydrogen-bond acceptors (Lipinski definition) is 10. The number of aliphatic hydroxyl groups is 6. The van der Waals surface area contributed by atoms with Crippen molar-refractivity contribution in [2.24, 2.45) is 5.73 Å². The molecule has 0 aliphatic carbocycles. The molecule has 2 saturated heterocycles. The molecule has 0 aromatic rings. The van der Waals surface area contributed by atoms with Gasteiger partial charge in [-0.05, 0) is 6.92 Å². The summed E-state index contributed by atoms with van der Waals surface area (Å²) in [5, 5.41) is 58.1. The molecule has 2 aliphatic rings. The summed E-state index contributed by atoms with van der Waals surface area (Å²) < 4.78 is 15.6. The van der Waals surface area contributed by atoms with E-state index in [1.54, 1.807) is 0 Å². The molecule has 10 atom stereocenters. The maximum absolute atomic E-state index is 10.0. The minimum Gasteiger partial charge on any atom is -0.394 e. The third kappa shape index (κ3) is 3.26. The number of rotatable bonds is 3. The maximum Gasteiger partial charge on any atom is 0.183 e. The van der Waals surface area contributed by atoms with Crippen LogP contribution in [0.4, 0.5) is 0 Å². The molecule has 2 fully saturated rings. The Kier molecular flexibility index (Phi) is 5.72. The molecule has 0 amide bonds. The Bertz CT molecular complexity index is 357. The molecule has 2 heterocycles. The second-order valence-corrected chi connectivity index (χ2v) is 5.60. The first-order chi connectivity index (χ1) is 10.3. The van der Waals surface area contributed by atoms with E-state index in [1.165, 1.54) is 6.92 Å². The topological polar surface area (TPSA) is 175 Å². The fourth-order valence-corrected chi connectivity index (χ4v) is 2.55. The highest BCUT2D eigenvalue weighted by molar-refractivity contribution is 4.94. The van der Waals surface area contributed by atoms with Crippen molar-refractivity contribution in [3.05, 3.63) is 0 Å². The molecule has 10 heteroatoms. The van der Waals surface area contributed by atoms with E-state index in [2.05, 4.69) is 0 Å². The Morgan fingerprint density at radius 1 is 0.955 bits per heavy atom. The van der Waals surface area contributed by atoms with Crippen LogP contribution in [0.3, 0.4) is 0 Å². The van der Waals surface area contributed by atoms with E-state index < -0.39 is 68.0 Å². The van der Waals surface area contributed by atoms with Crippen LogP contribution >= 0.6 is 0 Å². The van der Waals surface area contributed by atoms with Crippen molar-refractivity contribution in [3.63, 3.8) is 0 Å². The standard InChI is InChI=1S/C12H23NO9/c1-3-6(15)10(9(18)11(19)20-3)22-12-5(13)8(17)7(16)4(2-14)21-12/h3-12,14-19H,2,13H2,1H3/t3-,4+,5+,6-,7+,8+,9+,10+,11+,12+/m0/s1. The predicted octanol–water partition coefficient (Wildman–Crippen LogP) is -4.40. The van der Waals surface area contributed by atoms with Crippen molar-refractivity contribution in [1.29, 1.82) is 0 Å². The van der Waals surface area contributed by atoms with Crippen LogP contribution in [0.1, 0.15) is 6.92 Å². The van der Waals surface area contributed by atoms with Gasteiger partial charge in [0.05, 0.1) is 18.8 Å². The lowest BCUT2D eigenvalue weighted by molar-refractivity contribution is -0.336. The Hall–Kier alpha value is -0.400. The van der Waals surface area contributed by atoms with Gasteiger partial charge in [-0.2, -0.15) is 0 Å². The van der Waals surface area contributed by atoms with Gasteiger partial charge in [-0.1, -0.05) is 0 Å². The van der Waals surface area contributed by atoms with Gasteiger partial charge in [-0.25, -0.2) is 0 Å². The van der Waals surface area contributed by atoms with Crippen LogP contribution < -0.4 is 5.73 Å². The zero-order chi connectivity index (χ0) is 16.6. The lowest BCUT2D eigenvalue weighted by atomic mass is 9.96. The number of ether oxygens (including phenoxy) is 3. The van der Waals surface area contributed by atoms with Crippen LogP contribution in [0.15, 0.2) is 0 Å². The first-order valence-corrected chi connectivity index (χ1v) is 7.01. The maximum atomic E-state index is 10.0. The highest BCUT2D eigenvalue weighted by Crippen LogP contribution is 2.27. The molecule has 8 N–H and O–H groups in total. The SMILES string of the molecule is C[C@@H]1O[C@@H](O)[C@H](O)[C@H](O[C@H]2O[C@H](CO)[C@@H](O)[C@H](O)[C@H]2N)[C@H]1O. The molecule has 2 aliphatic heterocycles. The molecular formula is C12H23NO9. The molecule has 0 aromatic heterocycles. The molecule has 22 heavy (non-hydrogen) atoms. The van der Waals surface area contributed by atoms with Gasteiger partial charge in [0, 0.05) is 0 Å². The van der Waals surface area contributed by atoms with Crippen molar-refractivity contribution in [1.82, 2.24) is 0 Å². The smallest absolute Gasteiger partial charge is 0.183 e. The minimum atomic E-state index is -1.56. The minimum absolute atomic E-state index is 0.581. The Balaban J connectivity index is 2.10. The average molecular weight is 325 g/mol. The summed E-state index contributed by atoms with van der Waals surface area (Å²) in [6.07, 6.45) is -11.7. The first kappa shape index (κ1) is 17.9. The zero-order valence-electron chi connectivity index (χ0n) is 12.0. The quantitative estimate of drug-likeness (QED) is 0.268. The van der Waals surface area contributed by atoms with Crippen molar-refractivity contribution < 1.29 is 44.8 Å². The van der Waals surface area contributed by atoms with E-state index in [4.69, 9.17) is 25.1 Å². The van der Waals surface area contributed by atoms with E-state index in [1.807, 2.05) is 0 Å². The van der Waals surface area contributed by atoms with Crippen LogP contribution in [0, 0.1) is 0 Å². The van der Waals surface area contributed by atoms with Gasteiger partial charge in [-0.15, -0.1) is 0 Å². The number of nitrogens with two attached hydrogens (primary N) is 1. The summed E-state index contributed by atoms with van der Waals surface area (Å²) in [6.45, 7) is 0.898. The van der Waals surface area contributed by atoms with Crippen LogP contribution in [-0.4, -0.2) is 98.6 Å². The molecular weight excluding hydrogens is 302 g/mol. The molecule has 0 bridgehead atoms. The van der Waals surface area contributed by atoms with Crippen LogP contribution in [0.2, 0.25) is 0 Å². The monoisotopic (exact) mass is 325 g/mol. The van der Waals surface area contributed by atoms with E-state index >= 15 is 0 Å². The lowest BCUT2D eigenvalue weighted by Gasteiger charge is -2.45. The van der Waals surface area contributed by atoms with Gasteiger partial charge in [-0.3, -0.25) is 0 Å². The highest BCUT2D eigenvalue weighted by Gasteiger charge is 2.48. The Labute approximate surface area is 126 Å². The fourth-order valence-electron chi connectivity index (χ4n) is 2.55. The van der Waals surface area contributed by atoms with E-state index in [0.717, 1.165) is 0 Å². The first-order valence-electron chi connectivity index (χ1n) is 7.01. The zero-order valence-corrected chi connectivity index (χ0v) is 12.0. The largest absolute Gasteiger partial charge is 0.394 e.